The summed E-state index contributed by atoms with van der Waals surface area (Å²) in [5.41, 5.74) is 0. The molecule has 0 bridgehead atoms. The molecule has 0 aromatic heterocycles. The molecule has 0 heterocycles. The highest BCUT2D eigenvalue weighted by Crippen LogP contribution is 1.96. The highest BCUT2D eigenvalue weighted by Gasteiger charge is 2.06. The maximum absolute atomic E-state index is 3.43. The van der Waals surface area contributed by atoms with E-state index in [0.717, 1.165) is 13.1 Å². The summed E-state index contributed by atoms with van der Waals surface area (Å²) in [4.78, 5) is 2.28. The van der Waals surface area contributed by atoms with E-state index in [1.165, 1.54) is 12.8 Å². The fourth-order valence-electron chi connectivity index (χ4n) is 1.14. The number of rotatable bonds is 6. The molecule has 0 aliphatic carbocycles. The Bertz CT molecular complexity index is 81.6. The molecular formula is C9H22N2. The molecule has 1 unspecified atom stereocenters. The van der Waals surface area contributed by atoms with E-state index in [1.807, 2.05) is 0 Å². The first-order chi connectivity index (χ1) is 5.22. The summed E-state index contributed by atoms with van der Waals surface area (Å²) in [6.45, 7) is 6.70. The molecule has 0 aliphatic heterocycles. The second-order valence-corrected chi connectivity index (χ2v) is 3.23. The molecule has 1 atom stereocenters. The Kier molecular flexibility index (Phi) is 6.57. The first kappa shape index (κ1) is 10.9. The van der Waals surface area contributed by atoms with Gasteiger partial charge >= 0.3 is 0 Å². The molecule has 0 radical (unpaired) electrons. The van der Waals surface area contributed by atoms with E-state index in [2.05, 4.69) is 38.2 Å². The minimum Gasteiger partial charge on any atom is -0.315 e. The van der Waals surface area contributed by atoms with Crippen molar-refractivity contribution in [1.82, 2.24) is 10.2 Å². The predicted octanol–water partition coefficient (Wildman–Crippen LogP) is 1.33. The van der Waals surface area contributed by atoms with Gasteiger partial charge in [-0.25, -0.2) is 0 Å². The van der Waals surface area contributed by atoms with Gasteiger partial charge in [-0.15, -0.1) is 0 Å². The molecule has 11 heavy (non-hydrogen) atoms. The Morgan fingerprint density at radius 1 is 1.27 bits per heavy atom. The van der Waals surface area contributed by atoms with E-state index in [4.69, 9.17) is 0 Å². The molecule has 0 saturated carbocycles. The lowest BCUT2D eigenvalue weighted by atomic mass is 10.2. The Morgan fingerprint density at radius 2 is 1.91 bits per heavy atom. The number of likely N-dealkylation sites (N-methyl/N-ethyl adjacent to an activating group) is 1. The number of nitrogens with zero attached hydrogens (tertiary/aromatic N) is 1. The van der Waals surface area contributed by atoms with Gasteiger partial charge in [-0.3, -0.25) is 0 Å². The summed E-state index contributed by atoms with van der Waals surface area (Å²) < 4.78 is 0. The van der Waals surface area contributed by atoms with E-state index < -0.39 is 0 Å². The smallest absolute Gasteiger partial charge is 0.0211 e. The van der Waals surface area contributed by atoms with E-state index in [-0.39, 0.29) is 0 Å². The van der Waals surface area contributed by atoms with Crippen LogP contribution in [0.1, 0.15) is 26.7 Å². The van der Waals surface area contributed by atoms with Crippen LogP contribution in [0.25, 0.3) is 0 Å². The van der Waals surface area contributed by atoms with Gasteiger partial charge in [0.2, 0.25) is 0 Å². The van der Waals surface area contributed by atoms with Crippen LogP contribution in [0, 0.1) is 0 Å². The average Bonchev–Trinajstić information content (AvgIpc) is 1.97. The zero-order valence-corrected chi connectivity index (χ0v) is 8.35. The maximum Gasteiger partial charge on any atom is 0.0211 e. The molecule has 1 N–H and O–H groups in total. The highest BCUT2D eigenvalue weighted by atomic mass is 15.1. The lowest BCUT2D eigenvalue weighted by molar-refractivity contribution is 0.276. The summed E-state index contributed by atoms with van der Waals surface area (Å²) >= 11 is 0. The number of hydrogen-bond donors (Lipinski definition) is 1. The van der Waals surface area contributed by atoms with Crippen LogP contribution >= 0.6 is 0 Å². The SMILES string of the molecule is CCCNCC(CC)N(C)C. The molecule has 0 aromatic rings. The first-order valence-electron chi connectivity index (χ1n) is 4.59. The minimum absolute atomic E-state index is 0.696. The topological polar surface area (TPSA) is 15.3 Å². The first-order valence-corrected chi connectivity index (χ1v) is 4.59. The van der Waals surface area contributed by atoms with Crippen molar-refractivity contribution in [3.8, 4) is 0 Å². The Morgan fingerprint density at radius 3 is 2.27 bits per heavy atom. The fourth-order valence-corrected chi connectivity index (χ4v) is 1.14. The van der Waals surface area contributed by atoms with Crippen molar-refractivity contribution in [3.05, 3.63) is 0 Å². The van der Waals surface area contributed by atoms with Crippen molar-refractivity contribution in [2.24, 2.45) is 0 Å². The monoisotopic (exact) mass is 158 g/mol. The summed E-state index contributed by atoms with van der Waals surface area (Å²) in [6, 6.07) is 0.696. The predicted molar refractivity (Wildman–Crippen MR) is 50.9 cm³/mol. The molecule has 0 rings (SSSR count). The largest absolute Gasteiger partial charge is 0.315 e. The van der Waals surface area contributed by atoms with Gasteiger partial charge in [-0.05, 0) is 33.5 Å². The molecule has 0 fully saturated rings. The zero-order chi connectivity index (χ0) is 8.69. The van der Waals surface area contributed by atoms with Crippen LogP contribution in [-0.2, 0) is 0 Å². The molecule has 2 nitrogen and oxygen atoms in total. The van der Waals surface area contributed by atoms with Crippen LogP contribution in [0.3, 0.4) is 0 Å². The third-order valence-corrected chi connectivity index (χ3v) is 2.01. The quantitative estimate of drug-likeness (QED) is 0.587. The van der Waals surface area contributed by atoms with E-state index in [9.17, 15) is 0 Å². The standard InChI is InChI=1S/C9H22N2/c1-5-7-10-8-9(6-2)11(3)4/h9-10H,5-8H2,1-4H3. The molecule has 0 amide bonds. The second-order valence-electron chi connectivity index (χ2n) is 3.23. The molecule has 0 saturated heterocycles. The summed E-state index contributed by atoms with van der Waals surface area (Å²) in [6.07, 6.45) is 2.45. The Labute approximate surface area is 71.0 Å². The zero-order valence-electron chi connectivity index (χ0n) is 8.35. The van der Waals surface area contributed by atoms with Crippen LogP contribution in [-0.4, -0.2) is 38.1 Å². The lowest BCUT2D eigenvalue weighted by Gasteiger charge is -2.22. The van der Waals surface area contributed by atoms with E-state index in [1.54, 1.807) is 0 Å². The average molecular weight is 158 g/mol. The van der Waals surface area contributed by atoms with Crippen molar-refractivity contribution < 1.29 is 0 Å². The van der Waals surface area contributed by atoms with Crippen molar-refractivity contribution in [2.45, 2.75) is 32.7 Å². The normalized spacial score (nSPS) is 13.9. The van der Waals surface area contributed by atoms with Crippen LogP contribution < -0.4 is 5.32 Å². The summed E-state index contributed by atoms with van der Waals surface area (Å²) in [7, 11) is 4.28. The van der Waals surface area contributed by atoms with Crippen molar-refractivity contribution >= 4 is 0 Å². The van der Waals surface area contributed by atoms with Gasteiger partial charge in [0.1, 0.15) is 0 Å². The van der Waals surface area contributed by atoms with E-state index in [0.29, 0.717) is 6.04 Å². The van der Waals surface area contributed by atoms with Gasteiger partial charge in [0, 0.05) is 12.6 Å². The van der Waals surface area contributed by atoms with Gasteiger partial charge in [0.25, 0.3) is 0 Å². The summed E-state index contributed by atoms with van der Waals surface area (Å²) in [5, 5.41) is 3.43. The van der Waals surface area contributed by atoms with Crippen LogP contribution in [0.4, 0.5) is 0 Å². The van der Waals surface area contributed by atoms with Crippen LogP contribution in [0.5, 0.6) is 0 Å². The van der Waals surface area contributed by atoms with Gasteiger partial charge < -0.3 is 10.2 Å². The number of hydrogen-bond acceptors (Lipinski definition) is 2. The van der Waals surface area contributed by atoms with Gasteiger partial charge in [-0.1, -0.05) is 13.8 Å². The highest BCUT2D eigenvalue weighted by molar-refractivity contribution is 4.66. The number of nitrogens with one attached hydrogen (secondary N) is 1. The van der Waals surface area contributed by atoms with E-state index >= 15 is 0 Å². The molecular weight excluding hydrogens is 136 g/mol. The molecule has 0 aromatic carbocycles. The van der Waals surface area contributed by atoms with Gasteiger partial charge in [0.15, 0.2) is 0 Å². The molecule has 0 aliphatic rings. The van der Waals surface area contributed by atoms with Crippen molar-refractivity contribution in [3.63, 3.8) is 0 Å². The van der Waals surface area contributed by atoms with Gasteiger partial charge in [-0.2, -0.15) is 0 Å². The second kappa shape index (κ2) is 6.62. The van der Waals surface area contributed by atoms with Crippen molar-refractivity contribution in [1.29, 1.82) is 0 Å². The minimum atomic E-state index is 0.696. The lowest BCUT2D eigenvalue weighted by Crippen LogP contribution is -2.37. The molecule has 2 heteroatoms. The van der Waals surface area contributed by atoms with Crippen molar-refractivity contribution in [2.75, 3.05) is 27.2 Å². The Balaban J connectivity index is 3.36. The Hall–Kier alpha value is -0.0800. The summed E-state index contributed by atoms with van der Waals surface area (Å²) in [5.74, 6) is 0. The third kappa shape index (κ3) is 5.22. The molecule has 0 spiro atoms. The maximum atomic E-state index is 3.43. The van der Waals surface area contributed by atoms with Crippen LogP contribution in [0.15, 0.2) is 0 Å². The van der Waals surface area contributed by atoms with Gasteiger partial charge in [0.05, 0.1) is 0 Å². The van der Waals surface area contributed by atoms with Crippen LogP contribution in [0.2, 0.25) is 0 Å². The molecule has 68 valence electrons. The fraction of sp³-hybridized carbons (Fsp3) is 1.00. The third-order valence-electron chi connectivity index (χ3n) is 2.01.